The molecule has 0 amide bonds. The molecule has 2 aromatic heterocycles. The third kappa shape index (κ3) is 4.31. The van der Waals surface area contributed by atoms with Crippen LogP contribution in [-0.4, -0.2) is 54.5 Å². The molecule has 4 heterocycles. The minimum Gasteiger partial charge on any atom is -0.495 e. The van der Waals surface area contributed by atoms with Crippen molar-refractivity contribution in [1.29, 1.82) is 0 Å². The average molecular weight is 529 g/mol. The summed E-state index contributed by atoms with van der Waals surface area (Å²) in [5.41, 5.74) is 11.8. The molecule has 0 bridgehead atoms. The van der Waals surface area contributed by atoms with Crippen LogP contribution in [0.1, 0.15) is 12.0 Å². The smallest absolute Gasteiger partial charge is 0.223 e. The van der Waals surface area contributed by atoms with Crippen molar-refractivity contribution in [3.63, 3.8) is 0 Å². The first-order valence-electron chi connectivity index (χ1n) is 11.1. The maximum Gasteiger partial charge on any atom is 0.223 e. The Bertz CT molecular complexity index is 1320. The van der Waals surface area contributed by atoms with Crippen molar-refractivity contribution in [3.8, 4) is 22.8 Å². The number of halogens is 2. The highest BCUT2D eigenvalue weighted by molar-refractivity contribution is 6.41. The molecule has 11 nitrogen and oxygen atoms in total. The van der Waals surface area contributed by atoms with Crippen LogP contribution in [0.25, 0.3) is 21.7 Å². The van der Waals surface area contributed by atoms with Gasteiger partial charge in [0.25, 0.3) is 0 Å². The van der Waals surface area contributed by atoms with E-state index in [1.54, 1.807) is 18.5 Å². The number of benzene rings is 1. The van der Waals surface area contributed by atoms with E-state index in [4.69, 9.17) is 47.9 Å². The fourth-order valence-electron chi connectivity index (χ4n) is 4.40. The highest BCUT2D eigenvalue weighted by Crippen LogP contribution is 2.51. The fraction of sp³-hybridized carbons (Fsp3) is 0.348. The second-order valence-electron chi connectivity index (χ2n) is 8.17. The summed E-state index contributed by atoms with van der Waals surface area (Å²) in [5.74, 6) is 1.89. The molecule has 36 heavy (non-hydrogen) atoms. The first-order chi connectivity index (χ1) is 17.5. The minimum absolute atomic E-state index is 0.233. The van der Waals surface area contributed by atoms with Crippen molar-refractivity contribution >= 4 is 40.7 Å². The number of nitrogens with zero attached hydrogens (tertiary/aromatic N) is 7. The van der Waals surface area contributed by atoms with Crippen LogP contribution in [-0.2, 0) is 11.3 Å². The van der Waals surface area contributed by atoms with E-state index in [0.717, 1.165) is 16.8 Å². The molecule has 2 aliphatic rings. The van der Waals surface area contributed by atoms with Gasteiger partial charge in [0.05, 0.1) is 50.8 Å². The lowest BCUT2D eigenvalue weighted by Gasteiger charge is -2.33. The molecular formula is C23H22Cl2N8O3. The first-order valence-corrected chi connectivity index (χ1v) is 11.9. The third-order valence-electron chi connectivity index (χ3n) is 6.15. The number of aromatic nitrogens is 3. The molecular weight excluding hydrogens is 507 g/mol. The molecule has 0 saturated carbocycles. The number of pyridine rings is 1. The largest absolute Gasteiger partial charge is 0.495 e. The number of hydrogen-bond donors (Lipinski definition) is 1. The summed E-state index contributed by atoms with van der Waals surface area (Å²) in [5, 5.41) is 7.83. The van der Waals surface area contributed by atoms with E-state index in [0.29, 0.717) is 65.2 Å². The molecule has 1 saturated heterocycles. The fourth-order valence-corrected chi connectivity index (χ4v) is 5.10. The summed E-state index contributed by atoms with van der Waals surface area (Å²) in [6, 6.07) is 4.92. The van der Waals surface area contributed by atoms with Gasteiger partial charge in [0.1, 0.15) is 27.4 Å². The molecule has 2 atom stereocenters. The van der Waals surface area contributed by atoms with Gasteiger partial charge >= 0.3 is 0 Å². The lowest BCUT2D eigenvalue weighted by Crippen LogP contribution is -2.41. The third-order valence-corrected chi connectivity index (χ3v) is 6.88. The lowest BCUT2D eigenvalue weighted by molar-refractivity contribution is 0.0767. The maximum atomic E-state index is 8.91. The summed E-state index contributed by atoms with van der Waals surface area (Å²) in [6.45, 7) is 1.30. The molecule has 1 N–H and O–H groups in total. The van der Waals surface area contributed by atoms with Crippen LogP contribution < -0.4 is 19.7 Å². The topological polar surface area (TPSA) is 130 Å². The molecule has 0 radical (unpaired) electrons. The normalized spacial score (nSPS) is 18.5. The number of nitrogens with one attached hydrogen (secondary N) is 1. The van der Waals surface area contributed by atoms with Gasteiger partial charge in [0.15, 0.2) is 0 Å². The van der Waals surface area contributed by atoms with Crippen LogP contribution in [0.4, 0.5) is 17.5 Å². The minimum atomic E-state index is -0.250. The van der Waals surface area contributed by atoms with Gasteiger partial charge in [-0.05, 0) is 24.1 Å². The summed E-state index contributed by atoms with van der Waals surface area (Å²) < 4.78 is 16.5. The van der Waals surface area contributed by atoms with Crippen molar-refractivity contribution in [2.75, 3.05) is 37.7 Å². The predicted octanol–water partition coefficient (Wildman–Crippen LogP) is 5.39. The predicted molar refractivity (Wildman–Crippen MR) is 136 cm³/mol. The summed E-state index contributed by atoms with van der Waals surface area (Å²) in [6.07, 6.45) is 4.07. The van der Waals surface area contributed by atoms with Crippen LogP contribution in [0.5, 0.6) is 11.5 Å². The van der Waals surface area contributed by atoms with Gasteiger partial charge in [-0.2, -0.15) is 0 Å². The molecule has 3 aromatic rings. The van der Waals surface area contributed by atoms with E-state index >= 15 is 0 Å². The van der Waals surface area contributed by atoms with Gasteiger partial charge in [-0.1, -0.05) is 28.3 Å². The van der Waals surface area contributed by atoms with Crippen molar-refractivity contribution < 1.29 is 14.2 Å². The van der Waals surface area contributed by atoms with E-state index in [1.165, 1.54) is 14.2 Å². The van der Waals surface area contributed by atoms with Gasteiger partial charge in [0.2, 0.25) is 5.95 Å². The van der Waals surface area contributed by atoms with Crippen molar-refractivity contribution in [1.82, 2.24) is 15.0 Å². The summed E-state index contributed by atoms with van der Waals surface area (Å²) >= 11 is 13.4. The Morgan fingerprint density at radius 2 is 2.00 bits per heavy atom. The number of hydrogen-bond acceptors (Lipinski definition) is 9. The zero-order chi connectivity index (χ0) is 25.2. The number of fused-ring (bicyclic) bond motifs is 3. The summed E-state index contributed by atoms with van der Waals surface area (Å²) in [7, 11) is 3.06. The molecule has 5 rings (SSSR count). The summed E-state index contributed by atoms with van der Waals surface area (Å²) in [4.78, 5) is 18.8. The van der Waals surface area contributed by atoms with Crippen LogP contribution >= 0.6 is 23.2 Å². The molecule has 13 heteroatoms. The van der Waals surface area contributed by atoms with Gasteiger partial charge in [-0.15, -0.1) is 0 Å². The second-order valence-corrected chi connectivity index (χ2v) is 8.93. The van der Waals surface area contributed by atoms with Crippen molar-refractivity contribution in [2.45, 2.75) is 25.0 Å². The number of anilines is 3. The number of ether oxygens (including phenoxy) is 3. The maximum absolute atomic E-state index is 8.91. The van der Waals surface area contributed by atoms with Crippen LogP contribution in [0.2, 0.25) is 10.0 Å². The zero-order valence-corrected chi connectivity index (χ0v) is 21.0. The molecule has 2 aliphatic heterocycles. The molecule has 186 valence electrons. The van der Waals surface area contributed by atoms with Crippen LogP contribution in [0.3, 0.4) is 0 Å². The van der Waals surface area contributed by atoms with E-state index in [1.807, 2.05) is 17.0 Å². The lowest BCUT2D eigenvalue weighted by atomic mass is 10.0. The molecule has 1 aromatic carbocycles. The number of azide groups is 1. The average Bonchev–Trinajstić information content (AvgIpc) is 2.90. The van der Waals surface area contributed by atoms with Crippen molar-refractivity contribution in [3.05, 3.63) is 56.6 Å². The zero-order valence-electron chi connectivity index (χ0n) is 19.5. The molecule has 0 aliphatic carbocycles. The van der Waals surface area contributed by atoms with Gasteiger partial charge in [0, 0.05) is 41.1 Å². The monoisotopic (exact) mass is 528 g/mol. The Balaban J connectivity index is 1.55. The second kappa shape index (κ2) is 10.2. The van der Waals surface area contributed by atoms with E-state index in [9.17, 15) is 0 Å². The number of rotatable bonds is 6. The Kier molecular flexibility index (Phi) is 6.88. The highest BCUT2D eigenvalue weighted by atomic mass is 35.5. The van der Waals surface area contributed by atoms with Crippen molar-refractivity contribution in [2.24, 2.45) is 5.11 Å². The molecule has 1 fully saturated rings. The van der Waals surface area contributed by atoms with Gasteiger partial charge in [-0.25, -0.2) is 15.0 Å². The SMILES string of the molecule is COc1cc(OC)c(Cl)c(N2Cc3cnc(N[C@@H]4COCCC4N=[N+]=[N-])nc3-c3cccnc32)c1Cl. The molecule has 1 unspecified atom stereocenters. The Morgan fingerprint density at radius 1 is 1.22 bits per heavy atom. The Labute approximate surface area is 217 Å². The Morgan fingerprint density at radius 3 is 2.72 bits per heavy atom. The standard InChI is InChI=1S/C23H22Cl2N8O3/c1-34-16-8-17(35-2)19(25)21(18(16)24)33-10-12-9-28-23(29-15-11-36-7-5-14(15)31-32-26)30-20(12)13-4-3-6-27-22(13)33/h3-4,6,8-9,14-15H,5,7,10-11H2,1-2H3,(H,28,29,30)/t14?,15-/m1/s1. The van der Waals surface area contributed by atoms with Gasteiger partial charge in [-0.3, -0.25) is 0 Å². The van der Waals surface area contributed by atoms with Crippen LogP contribution in [0.15, 0.2) is 35.7 Å². The first kappa shape index (κ1) is 24.2. The van der Waals surface area contributed by atoms with E-state index < -0.39 is 0 Å². The van der Waals surface area contributed by atoms with E-state index in [2.05, 4.69) is 25.3 Å². The van der Waals surface area contributed by atoms with Crippen LogP contribution in [0, 0.1) is 0 Å². The van der Waals surface area contributed by atoms with E-state index in [-0.39, 0.29) is 12.1 Å². The quantitative estimate of drug-likeness (QED) is 0.255. The number of methoxy groups -OCH3 is 2. The van der Waals surface area contributed by atoms with Gasteiger partial charge < -0.3 is 24.4 Å². The highest BCUT2D eigenvalue weighted by Gasteiger charge is 2.32. The Hall–Kier alpha value is -3.50. The molecule has 0 spiro atoms.